The molecule has 0 aromatic carbocycles. The lowest BCUT2D eigenvalue weighted by atomic mass is 9.93. The maximum absolute atomic E-state index is 3.73. The molecule has 84 valence electrons. The van der Waals surface area contributed by atoms with Crippen molar-refractivity contribution in [1.82, 2.24) is 10.2 Å². The Morgan fingerprint density at radius 3 is 2.57 bits per heavy atom. The molecule has 2 heteroatoms. The van der Waals surface area contributed by atoms with Crippen molar-refractivity contribution >= 4 is 0 Å². The molecule has 0 aliphatic heterocycles. The second kappa shape index (κ2) is 7.02. The predicted octanol–water partition coefficient (Wildman–Crippen LogP) is 2.13. The molecule has 0 spiro atoms. The van der Waals surface area contributed by atoms with Crippen LogP contribution in [0.1, 0.15) is 26.7 Å². The molecule has 0 unspecified atom stereocenters. The molecule has 0 radical (unpaired) electrons. The van der Waals surface area contributed by atoms with Gasteiger partial charge < -0.3 is 10.2 Å². The number of allylic oxidation sites excluding steroid dienone is 1. The van der Waals surface area contributed by atoms with Gasteiger partial charge in [-0.05, 0) is 38.9 Å². The van der Waals surface area contributed by atoms with Gasteiger partial charge in [0.05, 0.1) is 0 Å². The Kier molecular flexibility index (Phi) is 6.85. The van der Waals surface area contributed by atoms with Crippen LogP contribution in [0.15, 0.2) is 12.7 Å². The van der Waals surface area contributed by atoms with E-state index in [1.807, 2.05) is 13.1 Å². The number of hydrogen-bond acceptors (Lipinski definition) is 2. The summed E-state index contributed by atoms with van der Waals surface area (Å²) in [6.45, 7) is 11.7. The van der Waals surface area contributed by atoms with Crippen LogP contribution in [-0.4, -0.2) is 38.6 Å². The maximum atomic E-state index is 3.73. The van der Waals surface area contributed by atoms with Gasteiger partial charge in [0.1, 0.15) is 0 Å². The van der Waals surface area contributed by atoms with E-state index in [0.717, 1.165) is 19.5 Å². The van der Waals surface area contributed by atoms with E-state index >= 15 is 0 Å². The third-order valence-electron chi connectivity index (χ3n) is 2.30. The topological polar surface area (TPSA) is 15.3 Å². The number of nitrogens with one attached hydrogen (secondary N) is 1. The van der Waals surface area contributed by atoms with E-state index in [1.165, 1.54) is 13.0 Å². The number of unbranched alkanes of at least 4 members (excludes halogenated alkanes) is 1. The van der Waals surface area contributed by atoms with Crippen molar-refractivity contribution in [3.05, 3.63) is 12.7 Å². The molecule has 0 amide bonds. The molecule has 1 N–H and O–H groups in total. The summed E-state index contributed by atoms with van der Waals surface area (Å²) in [7, 11) is 4.21. The number of rotatable bonds is 8. The second-order valence-corrected chi connectivity index (χ2v) is 4.86. The zero-order valence-corrected chi connectivity index (χ0v) is 10.3. The van der Waals surface area contributed by atoms with Gasteiger partial charge in [-0.3, -0.25) is 0 Å². The average Bonchev–Trinajstić information content (AvgIpc) is 2.03. The van der Waals surface area contributed by atoms with E-state index in [1.54, 1.807) is 0 Å². The van der Waals surface area contributed by atoms with Gasteiger partial charge in [0.2, 0.25) is 0 Å². The lowest BCUT2D eigenvalue weighted by Gasteiger charge is -2.30. The lowest BCUT2D eigenvalue weighted by molar-refractivity contribution is 0.206. The van der Waals surface area contributed by atoms with Gasteiger partial charge >= 0.3 is 0 Å². The quantitative estimate of drug-likeness (QED) is 0.475. The first-order valence-corrected chi connectivity index (χ1v) is 5.46. The van der Waals surface area contributed by atoms with Crippen molar-refractivity contribution in [2.45, 2.75) is 26.7 Å². The van der Waals surface area contributed by atoms with Crippen LogP contribution < -0.4 is 5.32 Å². The molecule has 0 atom stereocenters. The maximum Gasteiger partial charge on any atom is 0.00418 e. The fraction of sp³-hybridized carbons (Fsp3) is 0.833. The van der Waals surface area contributed by atoms with E-state index in [0.29, 0.717) is 5.41 Å². The van der Waals surface area contributed by atoms with Crippen LogP contribution in [0.3, 0.4) is 0 Å². The van der Waals surface area contributed by atoms with E-state index in [9.17, 15) is 0 Å². The van der Waals surface area contributed by atoms with E-state index < -0.39 is 0 Å². The molecular weight excluding hydrogens is 172 g/mol. The Morgan fingerprint density at radius 1 is 1.43 bits per heavy atom. The van der Waals surface area contributed by atoms with Crippen LogP contribution in [0.5, 0.6) is 0 Å². The Balaban J connectivity index is 3.68. The number of hydrogen-bond donors (Lipinski definition) is 1. The lowest BCUT2D eigenvalue weighted by Crippen LogP contribution is -2.38. The van der Waals surface area contributed by atoms with Crippen molar-refractivity contribution in [1.29, 1.82) is 0 Å². The monoisotopic (exact) mass is 198 g/mol. The van der Waals surface area contributed by atoms with Crippen molar-refractivity contribution < 1.29 is 0 Å². The first-order chi connectivity index (χ1) is 6.52. The molecule has 0 aliphatic rings. The normalized spacial score (nSPS) is 12.1. The highest BCUT2D eigenvalue weighted by atomic mass is 15.1. The van der Waals surface area contributed by atoms with Gasteiger partial charge in [0.25, 0.3) is 0 Å². The Bertz CT molecular complexity index is 152. The molecule has 0 aromatic heterocycles. The molecule has 0 bridgehead atoms. The van der Waals surface area contributed by atoms with Gasteiger partial charge in [-0.1, -0.05) is 19.9 Å². The fourth-order valence-electron chi connectivity index (χ4n) is 1.85. The molecule has 2 nitrogen and oxygen atoms in total. The molecule has 14 heavy (non-hydrogen) atoms. The number of nitrogens with zero attached hydrogens (tertiary/aromatic N) is 1. The van der Waals surface area contributed by atoms with Crippen molar-refractivity contribution in [2.24, 2.45) is 5.41 Å². The van der Waals surface area contributed by atoms with Gasteiger partial charge in [-0.15, -0.1) is 6.58 Å². The van der Waals surface area contributed by atoms with Crippen molar-refractivity contribution in [3.63, 3.8) is 0 Å². The summed E-state index contributed by atoms with van der Waals surface area (Å²) in [5.74, 6) is 0. The fourth-order valence-corrected chi connectivity index (χ4v) is 1.85. The average molecular weight is 198 g/mol. The standard InChI is InChI=1S/C12H26N2/c1-6-7-8-9-14(5)11-12(2,3)10-13-4/h6,13H,1,7-11H2,2-5H3. The van der Waals surface area contributed by atoms with E-state index in [4.69, 9.17) is 0 Å². The smallest absolute Gasteiger partial charge is 0.00418 e. The molecule has 0 saturated heterocycles. The van der Waals surface area contributed by atoms with Crippen LogP contribution in [0.4, 0.5) is 0 Å². The summed E-state index contributed by atoms with van der Waals surface area (Å²) < 4.78 is 0. The second-order valence-electron chi connectivity index (χ2n) is 4.86. The summed E-state index contributed by atoms with van der Waals surface area (Å²) in [4.78, 5) is 2.40. The molecule has 0 fully saturated rings. The summed E-state index contributed by atoms with van der Waals surface area (Å²) in [6.07, 6.45) is 4.33. The first-order valence-electron chi connectivity index (χ1n) is 5.46. The highest BCUT2D eigenvalue weighted by molar-refractivity contribution is 4.75. The Labute approximate surface area is 89.4 Å². The third-order valence-corrected chi connectivity index (χ3v) is 2.30. The van der Waals surface area contributed by atoms with Crippen molar-refractivity contribution in [2.75, 3.05) is 33.7 Å². The third kappa shape index (κ3) is 7.10. The van der Waals surface area contributed by atoms with E-state index in [2.05, 4.69) is 37.7 Å². The van der Waals surface area contributed by atoms with Gasteiger partial charge in [0.15, 0.2) is 0 Å². The minimum atomic E-state index is 0.359. The first kappa shape index (κ1) is 13.7. The Morgan fingerprint density at radius 2 is 2.07 bits per heavy atom. The zero-order valence-electron chi connectivity index (χ0n) is 10.3. The van der Waals surface area contributed by atoms with Crippen LogP contribution in [0.2, 0.25) is 0 Å². The summed E-state index contributed by atoms with van der Waals surface area (Å²) >= 11 is 0. The molecule has 0 aliphatic carbocycles. The minimum absolute atomic E-state index is 0.359. The molecule has 0 aromatic rings. The highest BCUT2D eigenvalue weighted by Crippen LogP contribution is 2.14. The summed E-state index contributed by atoms with van der Waals surface area (Å²) in [5.41, 5.74) is 0.359. The Hall–Kier alpha value is -0.340. The van der Waals surface area contributed by atoms with Crippen LogP contribution >= 0.6 is 0 Å². The van der Waals surface area contributed by atoms with E-state index in [-0.39, 0.29) is 0 Å². The largest absolute Gasteiger partial charge is 0.319 e. The van der Waals surface area contributed by atoms with Crippen LogP contribution in [-0.2, 0) is 0 Å². The van der Waals surface area contributed by atoms with Crippen LogP contribution in [0, 0.1) is 5.41 Å². The van der Waals surface area contributed by atoms with Gasteiger partial charge in [-0.25, -0.2) is 0 Å². The van der Waals surface area contributed by atoms with Crippen LogP contribution in [0.25, 0.3) is 0 Å². The zero-order chi connectivity index (χ0) is 11.0. The molecular formula is C12H26N2. The van der Waals surface area contributed by atoms with Crippen molar-refractivity contribution in [3.8, 4) is 0 Å². The van der Waals surface area contributed by atoms with Gasteiger partial charge in [0, 0.05) is 13.1 Å². The summed E-state index contributed by atoms with van der Waals surface area (Å²) in [5, 5.41) is 3.24. The SMILES string of the molecule is C=CCCCN(C)CC(C)(C)CNC. The highest BCUT2D eigenvalue weighted by Gasteiger charge is 2.18. The predicted molar refractivity (Wildman–Crippen MR) is 64.6 cm³/mol. The summed E-state index contributed by atoms with van der Waals surface area (Å²) in [6, 6.07) is 0. The minimum Gasteiger partial charge on any atom is -0.319 e. The molecule has 0 heterocycles. The molecule has 0 rings (SSSR count). The molecule has 0 saturated carbocycles. The van der Waals surface area contributed by atoms with Gasteiger partial charge in [-0.2, -0.15) is 0 Å².